The Morgan fingerprint density at radius 2 is 1.73 bits per heavy atom. The molecular weight excluding hydrogens is 324 g/mol. The Bertz CT molecular complexity index is 1100. The van der Waals surface area contributed by atoms with E-state index in [0.29, 0.717) is 16.9 Å². The zero-order valence-electron chi connectivity index (χ0n) is 14.6. The first-order chi connectivity index (χ1) is 12.6. The number of hydrogen-bond donors (Lipinski definition) is 1. The number of anilines is 1. The molecule has 2 aromatic carbocycles. The van der Waals surface area contributed by atoms with Crippen LogP contribution in [-0.2, 0) is 0 Å². The van der Waals surface area contributed by atoms with Crippen molar-refractivity contribution in [3.8, 4) is 5.69 Å². The molecule has 0 aliphatic rings. The largest absolute Gasteiger partial charge is 0.320 e. The molecule has 1 amide bonds. The van der Waals surface area contributed by atoms with Crippen LogP contribution in [0.4, 0.5) is 5.69 Å². The molecule has 0 aliphatic heterocycles. The SMILES string of the molecule is Cc1nn(-c2ccccc2)c(C)c1C(=O)Nc1cnc2ccccc2c1. The zero-order valence-corrected chi connectivity index (χ0v) is 14.6. The van der Waals surface area contributed by atoms with E-state index >= 15 is 0 Å². The van der Waals surface area contributed by atoms with E-state index in [1.807, 2.05) is 74.5 Å². The van der Waals surface area contributed by atoms with Crippen molar-refractivity contribution >= 4 is 22.5 Å². The number of benzene rings is 2. The first-order valence-corrected chi connectivity index (χ1v) is 8.41. The number of para-hydroxylation sites is 2. The Labute approximate surface area is 151 Å². The maximum atomic E-state index is 12.8. The molecule has 0 aliphatic carbocycles. The van der Waals surface area contributed by atoms with E-state index < -0.39 is 0 Å². The second-order valence-electron chi connectivity index (χ2n) is 6.16. The van der Waals surface area contributed by atoms with Crippen LogP contribution >= 0.6 is 0 Å². The number of rotatable bonds is 3. The first kappa shape index (κ1) is 16.0. The lowest BCUT2D eigenvalue weighted by Gasteiger charge is -2.07. The average Bonchev–Trinajstić information content (AvgIpc) is 2.96. The lowest BCUT2D eigenvalue weighted by atomic mass is 10.1. The molecule has 2 heterocycles. The van der Waals surface area contributed by atoms with E-state index in [2.05, 4.69) is 15.4 Å². The summed E-state index contributed by atoms with van der Waals surface area (Å²) in [6.45, 7) is 3.75. The van der Waals surface area contributed by atoms with E-state index in [0.717, 1.165) is 22.3 Å². The normalized spacial score (nSPS) is 10.8. The van der Waals surface area contributed by atoms with Gasteiger partial charge in [-0.25, -0.2) is 4.68 Å². The molecule has 2 aromatic heterocycles. The van der Waals surface area contributed by atoms with Gasteiger partial charge in [-0.3, -0.25) is 9.78 Å². The molecule has 0 saturated heterocycles. The third kappa shape index (κ3) is 2.84. The number of fused-ring (bicyclic) bond motifs is 1. The molecule has 1 N–H and O–H groups in total. The third-order valence-corrected chi connectivity index (χ3v) is 4.37. The van der Waals surface area contributed by atoms with Crippen molar-refractivity contribution in [3.05, 3.63) is 83.8 Å². The van der Waals surface area contributed by atoms with Gasteiger partial charge in [-0.05, 0) is 38.1 Å². The summed E-state index contributed by atoms with van der Waals surface area (Å²) >= 11 is 0. The molecule has 0 atom stereocenters. The van der Waals surface area contributed by atoms with E-state index in [-0.39, 0.29) is 5.91 Å². The van der Waals surface area contributed by atoms with Crippen LogP contribution < -0.4 is 5.32 Å². The van der Waals surface area contributed by atoms with Gasteiger partial charge in [0.2, 0.25) is 0 Å². The summed E-state index contributed by atoms with van der Waals surface area (Å²) in [5.74, 6) is -0.181. The first-order valence-electron chi connectivity index (χ1n) is 8.41. The molecule has 128 valence electrons. The highest BCUT2D eigenvalue weighted by atomic mass is 16.1. The molecule has 0 unspecified atom stereocenters. The maximum Gasteiger partial charge on any atom is 0.259 e. The summed E-state index contributed by atoms with van der Waals surface area (Å²) in [6, 6.07) is 19.5. The van der Waals surface area contributed by atoms with Crippen molar-refractivity contribution in [3.63, 3.8) is 0 Å². The molecule has 4 aromatic rings. The molecule has 26 heavy (non-hydrogen) atoms. The van der Waals surface area contributed by atoms with Crippen LogP contribution in [0.25, 0.3) is 16.6 Å². The molecule has 0 bridgehead atoms. The van der Waals surface area contributed by atoms with Crippen LogP contribution in [0, 0.1) is 13.8 Å². The van der Waals surface area contributed by atoms with Gasteiger partial charge in [0.15, 0.2) is 0 Å². The van der Waals surface area contributed by atoms with Gasteiger partial charge < -0.3 is 5.32 Å². The van der Waals surface area contributed by atoms with Crippen molar-refractivity contribution in [2.45, 2.75) is 13.8 Å². The fourth-order valence-corrected chi connectivity index (χ4v) is 3.12. The van der Waals surface area contributed by atoms with Crippen LogP contribution in [0.5, 0.6) is 0 Å². The lowest BCUT2D eigenvalue weighted by Crippen LogP contribution is -2.14. The number of carbonyl (C=O) groups excluding carboxylic acids is 1. The number of nitrogens with zero attached hydrogens (tertiary/aromatic N) is 3. The summed E-state index contributed by atoms with van der Waals surface area (Å²) in [4.78, 5) is 17.2. The minimum Gasteiger partial charge on any atom is -0.320 e. The van der Waals surface area contributed by atoms with Gasteiger partial charge in [-0.1, -0.05) is 36.4 Å². The van der Waals surface area contributed by atoms with E-state index in [4.69, 9.17) is 0 Å². The highest BCUT2D eigenvalue weighted by Gasteiger charge is 2.19. The van der Waals surface area contributed by atoms with Gasteiger partial charge >= 0.3 is 0 Å². The van der Waals surface area contributed by atoms with Gasteiger partial charge in [0.1, 0.15) is 0 Å². The van der Waals surface area contributed by atoms with E-state index in [9.17, 15) is 4.79 Å². The molecule has 0 fully saturated rings. The Balaban J connectivity index is 1.66. The van der Waals surface area contributed by atoms with Crippen LogP contribution in [0.2, 0.25) is 0 Å². The quantitative estimate of drug-likeness (QED) is 0.604. The minimum atomic E-state index is -0.181. The summed E-state index contributed by atoms with van der Waals surface area (Å²) in [5.41, 5.74) is 4.58. The number of nitrogens with one attached hydrogen (secondary N) is 1. The van der Waals surface area contributed by atoms with Crippen molar-refractivity contribution < 1.29 is 4.79 Å². The van der Waals surface area contributed by atoms with Crippen LogP contribution in [0.3, 0.4) is 0 Å². The van der Waals surface area contributed by atoms with Crippen molar-refractivity contribution in [1.29, 1.82) is 0 Å². The van der Waals surface area contributed by atoms with Gasteiger partial charge in [0.25, 0.3) is 5.91 Å². The van der Waals surface area contributed by atoms with Crippen LogP contribution in [-0.4, -0.2) is 20.7 Å². The van der Waals surface area contributed by atoms with Gasteiger partial charge in [-0.2, -0.15) is 5.10 Å². The fraction of sp³-hybridized carbons (Fsp3) is 0.0952. The fourth-order valence-electron chi connectivity index (χ4n) is 3.12. The lowest BCUT2D eigenvalue weighted by molar-refractivity contribution is 0.102. The molecule has 4 rings (SSSR count). The minimum absolute atomic E-state index is 0.181. The van der Waals surface area contributed by atoms with Crippen molar-refractivity contribution in [2.24, 2.45) is 0 Å². The highest BCUT2D eigenvalue weighted by molar-refractivity contribution is 6.06. The number of carbonyl (C=O) groups is 1. The van der Waals surface area contributed by atoms with E-state index in [1.54, 1.807) is 10.9 Å². The van der Waals surface area contributed by atoms with Crippen molar-refractivity contribution in [1.82, 2.24) is 14.8 Å². The second-order valence-corrected chi connectivity index (χ2v) is 6.16. The standard InChI is InChI=1S/C21H18N4O/c1-14-20(15(2)25(24-14)18-9-4-3-5-10-18)21(26)23-17-12-16-8-6-7-11-19(16)22-13-17/h3-13H,1-2H3,(H,23,26). The zero-order chi connectivity index (χ0) is 18.1. The predicted molar refractivity (Wildman–Crippen MR) is 103 cm³/mol. The Kier molecular flexibility index (Phi) is 3.97. The molecule has 5 nitrogen and oxygen atoms in total. The van der Waals surface area contributed by atoms with Gasteiger partial charge in [0, 0.05) is 5.39 Å². The third-order valence-electron chi connectivity index (χ3n) is 4.37. The van der Waals surface area contributed by atoms with Gasteiger partial charge in [-0.15, -0.1) is 0 Å². The number of hydrogen-bond acceptors (Lipinski definition) is 3. The summed E-state index contributed by atoms with van der Waals surface area (Å²) in [7, 11) is 0. The molecule has 5 heteroatoms. The topological polar surface area (TPSA) is 59.8 Å². The second kappa shape index (κ2) is 6.44. The summed E-state index contributed by atoms with van der Waals surface area (Å²) < 4.78 is 1.79. The summed E-state index contributed by atoms with van der Waals surface area (Å²) in [5, 5.41) is 8.46. The molecular formula is C21H18N4O. The summed E-state index contributed by atoms with van der Waals surface area (Å²) in [6.07, 6.45) is 1.67. The number of pyridine rings is 1. The maximum absolute atomic E-state index is 12.8. The smallest absolute Gasteiger partial charge is 0.259 e. The Morgan fingerprint density at radius 3 is 2.54 bits per heavy atom. The Morgan fingerprint density at radius 1 is 1.00 bits per heavy atom. The molecule has 0 radical (unpaired) electrons. The predicted octanol–water partition coefficient (Wildman–Crippen LogP) is 4.29. The molecule has 0 spiro atoms. The number of aryl methyl sites for hydroxylation is 1. The van der Waals surface area contributed by atoms with Crippen molar-refractivity contribution in [2.75, 3.05) is 5.32 Å². The number of aromatic nitrogens is 3. The van der Waals surface area contributed by atoms with Crippen LogP contribution in [0.1, 0.15) is 21.7 Å². The molecule has 0 saturated carbocycles. The Hall–Kier alpha value is -3.47. The van der Waals surface area contributed by atoms with Crippen LogP contribution in [0.15, 0.2) is 66.9 Å². The average molecular weight is 342 g/mol. The number of amides is 1. The van der Waals surface area contributed by atoms with E-state index in [1.165, 1.54) is 0 Å². The monoisotopic (exact) mass is 342 g/mol. The van der Waals surface area contributed by atoms with Gasteiger partial charge in [0.05, 0.1) is 40.0 Å². The highest BCUT2D eigenvalue weighted by Crippen LogP contribution is 2.21.